The minimum atomic E-state index is -1.15. The average Bonchev–Trinajstić information content (AvgIpc) is 3.18. The molecule has 4 aromatic rings. The Morgan fingerprint density at radius 1 is 1.07 bits per heavy atom. The van der Waals surface area contributed by atoms with E-state index in [1.165, 1.54) is 5.56 Å². The second kappa shape index (κ2) is 7.75. The lowest BCUT2D eigenvalue weighted by Gasteiger charge is -2.25. The summed E-state index contributed by atoms with van der Waals surface area (Å²) in [7, 11) is 0. The van der Waals surface area contributed by atoms with Crippen LogP contribution in [0.5, 0.6) is 0 Å². The molecule has 152 valence electrons. The Balaban J connectivity index is 1.81. The predicted octanol–water partition coefficient (Wildman–Crippen LogP) is 5.10. The normalized spacial score (nSPS) is 13.5. The van der Waals surface area contributed by atoms with Crippen molar-refractivity contribution in [3.63, 3.8) is 0 Å². The van der Waals surface area contributed by atoms with Crippen LogP contribution in [0.2, 0.25) is 0 Å². The van der Waals surface area contributed by atoms with E-state index < -0.39 is 11.4 Å². The molecule has 1 N–H and O–H groups in total. The van der Waals surface area contributed by atoms with Gasteiger partial charge in [0.2, 0.25) is 0 Å². The fourth-order valence-electron chi connectivity index (χ4n) is 3.84. The molecular weight excluding hydrogens is 374 g/mol. The third-order valence-corrected chi connectivity index (χ3v) is 5.73. The molecular formula is C25H25N3O2. The Morgan fingerprint density at radius 2 is 1.77 bits per heavy atom. The van der Waals surface area contributed by atoms with Crippen molar-refractivity contribution in [1.82, 2.24) is 14.6 Å². The molecule has 0 saturated carbocycles. The zero-order valence-corrected chi connectivity index (χ0v) is 17.4. The van der Waals surface area contributed by atoms with Crippen LogP contribution in [0.1, 0.15) is 43.5 Å². The Kier molecular flexibility index (Phi) is 5.12. The molecule has 1 atom stereocenters. The highest BCUT2D eigenvalue weighted by Crippen LogP contribution is 2.32. The number of hydrogen-bond donors (Lipinski definition) is 1. The Bertz CT molecular complexity index is 1180. The third kappa shape index (κ3) is 3.47. The van der Waals surface area contributed by atoms with Crippen LogP contribution in [0.4, 0.5) is 0 Å². The van der Waals surface area contributed by atoms with Crippen LogP contribution in [0.25, 0.3) is 16.8 Å². The molecule has 2 heterocycles. The van der Waals surface area contributed by atoms with Gasteiger partial charge < -0.3 is 5.11 Å². The van der Waals surface area contributed by atoms with Crippen molar-refractivity contribution in [2.75, 3.05) is 0 Å². The Morgan fingerprint density at radius 3 is 2.40 bits per heavy atom. The molecule has 0 aliphatic rings. The molecule has 0 aliphatic carbocycles. The second-order valence-corrected chi connectivity index (χ2v) is 8.20. The largest absolute Gasteiger partial charge is 0.481 e. The van der Waals surface area contributed by atoms with E-state index in [-0.39, 0.29) is 0 Å². The van der Waals surface area contributed by atoms with Crippen LogP contribution in [0.15, 0.2) is 73.1 Å². The van der Waals surface area contributed by atoms with Gasteiger partial charge in [-0.05, 0) is 42.0 Å². The third-order valence-electron chi connectivity index (χ3n) is 5.73. The molecule has 0 fully saturated rings. The first-order valence-corrected chi connectivity index (χ1v) is 10.1. The highest BCUT2D eigenvalue weighted by molar-refractivity contribution is 5.82. The molecule has 30 heavy (non-hydrogen) atoms. The van der Waals surface area contributed by atoms with Crippen LogP contribution in [0, 0.1) is 0 Å². The van der Waals surface area contributed by atoms with Gasteiger partial charge in [0.25, 0.3) is 0 Å². The van der Waals surface area contributed by atoms with E-state index in [4.69, 9.17) is 0 Å². The number of carboxylic acid groups (broad SMARTS) is 1. The number of aliphatic carboxylic acids is 1. The molecule has 5 heteroatoms. The molecule has 1 unspecified atom stereocenters. The summed E-state index contributed by atoms with van der Waals surface area (Å²) in [6.07, 6.45) is 3.80. The molecule has 0 aliphatic heterocycles. The number of benzene rings is 2. The van der Waals surface area contributed by atoms with Crippen LogP contribution in [-0.2, 0) is 16.6 Å². The lowest BCUT2D eigenvalue weighted by molar-refractivity contribution is -0.143. The highest BCUT2D eigenvalue weighted by atomic mass is 16.4. The SMILES string of the molecule is CC(C)c1ccc(-c2cnn3c(C(C)(Cc4ccccc4)C(=O)O)ccnc23)cc1. The van der Waals surface area contributed by atoms with E-state index in [1.54, 1.807) is 29.9 Å². The van der Waals surface area contributed by atoms with Gasteiger partial charge >= 0.3 is 5.97 Å². The van der Waals surface area contributed by atoms with Crippen molar-refractivity contribution in [2.24, 2.45) is 0 Å². The number of carboxylic acids is 1. The molecule has 0 bridgehead atoms. The molecule has 2 aromatic carbocycles. The van der Waals surface area contributed by atoms with E-state index in [9.17, 15) is 9.90 Å². The fourth-order valence-corrected chi connectivity index (χ4v) is 3.84. The van der Waals surface area contributed by atoms with Crippen LogP contribution >= 0.6 is 0 Å². The zero-order valence-electron chi connectivity index (χ0n) is 17.4. The number of carbonyl (C=O) groups is 1. The number of fused-ring (bicyclic) bond motifs is 1. The first-order chi connectivity index (χ1) is 14.4. The van der Waals surface area contributed by atoms with Crippen LogP contribution < -0.4 is 0 Å². The van der Waals surface area contributed by atoms with Gasteiger partial charge in [-0.1, -0.05) is 68.4 Å². The van der Waals surface area contributed by atoms with Gasteiger partial charge in [-0.3, -0.25) is 4.79 Å². The van der Waals surface area contributed by atoms with Gasteiger partial charge in [0.15, 0.2) is 5.65 Å². The van der Waals surface area contributed by atoms with E-state index in [0.717, 1.165) is 16.7 Å². The lowest BCUT2D eigenvalue weighted by atomic mass is 9.80. The van der Waals surface area contributed by atoms with Crippen molar-refractivity contribution in [2.45, 2.75) is 38.5 Å². The quantitative estimate of drug-likeness (QED) is 0.489. The van der Waals surface area contributed by atoms with Gasteiger partial charge in [0, 0.05) is 11.8 Å². The van der Waals surface area contributed by atoms with Gasteiger partial charge in [-0.2, -0.15) is 5.10 Å². The monoisotopic (exact) mass is 399 g/mol. The zero-order chi connectivity index (χ0) is 21.3. The maximum Gasteiger partial charge on any atom is 0.315 e. The summed E-state index contributed by atoms with van der Waals surface area (Å²) >= 11 is 0. The van der Waals surface area contributed by atoms with Crippen molar-refractivity contribution in [3.8, 4) is 11.1 Å². The summed E-state index contributed by atoms with van der Waals surface area (Å²) in [5.74, 6) is -0.431. The smallest absolute Gasteiger partial charge is 0.315 e. The van der Waals surface area contributed by atoms with Crippen molar-refractivity contribution >= 4 is 11.6 Å². The van der Waals surface area contributed by atoms with Crippen LogP contribution in [-0.4, -0.2) is 25.7 Å². The minimum absolute atomic E-state index is 0.362. The molecule has 4 rings (SSSR count). The minimum Gasteiger partial charge on any atom is -0.481 e. The summed E-state index contributed by atoms with van der Waals surface area (Å²) < 4.78 is 1.67. The Hall–Kier alpha value is -3.47. The molecule has 2 aromatic heterocycles. The molecule has 5 nitrogen and oxygen atoms in total. The summed E-state index contributed by atoms with van der Waals surface area (Å²) in [5.41, 5.74) is 4.25. The summed E-state index contributed by atoms with van der Waals surface area (Å²) in [4.78, 5) is 16.9. The highest BCUT2D eigenvalue weighted by Gasteiger charge is 2.38. The Labute approximate surface area is 176 Å². The number of aromatic nitrogens is 3. The van der Waals surface area contributed by atoms with Gasteiger partial charge in [-0.15, -0.1) is 0 Å². The molecule has 0 amide bonds. The van der Waals surface area contributed by atoms with Crippen LogP contribution in [0.3, 0.4) is 0 Å². The maximum absolute atomic E-state index is 12.4. The standard InChI is InChI=1S/C25H25N3O2/c1-17(2)19-9-11-20(12-10-19)21-16-27-28-22(13-14-26-23(21)28)25(3,24(29)30)15-18-7-5-4-6-8-18/h4-14,16-17H,15H2,1-3H3,(H,29,30). The molecule has 0 radical (unpaired) electrons. The summed E-state index contributed by atoms with van der Waals surface area (Å²) in [5, 5.41) is 14.7. The number of rotatable bonds is 6. The topological polar surface area (TPSA) is 67.5 Å². The predicted molar refractivity (Wildman–Crippen MR) is 118 cm³/mol. The maximum atomic E-state index is 12.4. The van der Waals surface area contributed by atoms with E-state index in [1.807, 2.05) is 30.3 Å². The molecule has 0 saturated heterocycles. The van der Waals surface area contributed by atoms with Gasteiger partial charge in [0.1, 0.15) is 5.41 Å². The van der Waals surface area contributed by atoms with Crippen molar-refractivity contribution < 1.29 is 9.90 Å². The van der Waals surface area contributed by atoms with Gasteiger partial charge in [0.05, 0.1) is 11.9 Å². The number of nitrogens with zero attached hydrogens (tertiary/aromatic N) is 3. The van der Waals surface area contributed by atoms with Gasteiger partial charge in [-0.25, -0.2) is 9.50 Å². The van der Waals surface area contributed by atoms with Crippen molar-refractivity contribution in [3.05, 3.63) is 89.9 Å². The summed E-state index contributed by atoms with van der Waals surface area (Å²) in [6.45, 7) is 6.07. The second-order valence-electron chi connectivity index (χ2n) is 8.20. The van der Waals surface area contributed by atoms with E-state index in [0.29, 0.717) is 23.7 Å². The summed E-state index contributed by atoms with van der Waals surface area (Å²) in [6, 6.07) is 19.8. The van der Waals surface area contributed by atoms with E-state index >= 15 is 0 Å². The number of hydrogen-bond acceptors (Lipinski definition) is 3. The van der Waals surface area contributed by atoms with Crippen molar-refractivity contribution in [1.29, 1.82) is 0 Å². The first-order valence-electron chi connectivity index (χ1n) is 10.1. The first kappa shape index (κ1) is 19.8. The fraction of sp³-hybridized carbons (Fsp3) is 0.240. The van der Waals surface area contributed by atoms with E-state index in [2.05, 4.69) is 48.2 Å². The lowest BCUT2D eigenvalue weighted by Crippen LogP contribution is -2.37. The average molecular weight is 399 g/mol. The molecule has 0 spiro atoms.